The van der Waals surface area contributed by atoms with E-state index in [0.29, 0.717) is 6.54 Å². The van der Waals surface area contributed by atoms with Gasteiger partial charge in [-0.15, -0.1) is 0 Å². The molecule has 1 atom stereocenters. The average Bonchev–Trinajstić information content (AvgIpc) is 2.90. The lowest BCUT2D eigenvalue weighted by Gasteiger charge is -2.14. The number of aromatic nitrogens is 2. The van der Waals surface area contributed by atoms with Crippen LogP contribution in [0.3, 0.4) is 0 Å². The van der Waals surface area contributed by atoms with Crippen LogP contribution in [0.5, 0.6) is 0 Å². The van der Waals surface area contributed by atoms with Crippen LogP contribution >= 0.6 is 0 Å². The summed E-state index contributed by atoms with van der Waals surface area (Å²) in [5, 5.41) is 14.2. The number of para-hydroxylation sites is 2. The van der Waals surface area contributed by atoms with E-state index in [1.807, 2.05) is 12.1 Å². The number of hydrogen-bond donors (Lipinski definition) is 2. The summed E-state index contributed by atoms with van der Waals surface area (Å²) in [7, 11) is 0. The average molecular weight is 308 g/mol. The first-order chi connectivity index (χ1) is 11.2. The Morgan fingerprint density at radius 3 is 2.78 bits per heavy atom. The highest BCUT2D eigenvalue weighted by molar-refractivity contribution is 5.74. The van der Waals surface area contributed by atoms with Gasteiger partial charge in [0.1, 0.15) is 23.7 Å². The van der Waals surface area contributed by atoms with Crippen molar-refractivity contribution in [2.24, 2.45) is 0 Å². The Kier molecular flexibility index (Phi) is 3.54. The molecule has 0 unspecified atom stereocenters. The lowest BCUT2D eigenvalue weighted by Crippen LogP contribution is -2.42. The van der Waals surface area contributed by atoms with E-state index in [4.69, 9.17) is 0 Å². The Bertz CT molecular complexity index is 836. The number of aryl methyl sites for hydroxylation is 2. The van der Waals surface area contributed by atoms with E-state index in [0.717, 1.165) is 31.0 Å². The number of imidazole rings is 1. The highest BCUT2D eigenvalue weighted by Crippen LogP contribution is 2.24. The second kappa shape index (κ2) is 5.70. The van der Waals surface area contributed by atoms with Crippen LogP contribution in [0.4, 0.5) is 5.95 Å². The van der Waals surface area contributed by atoms with Gasteiger partial charge in [0.15, 0.2) is 0 Å². The molecular formula is C19H22N3O+. The van der Waals surface area contributed by atoms with Crippen molar-refractivity contribution in [1.82, 2.24) is 4.57 Å². The summed E-state index contributed by atoms with van der Waals surface area (Å²) in [6.07, 6.45) is 0.617. The molecule has 118 valence electrons. The van der Waals surface area contributed by atoms with Crippen LogP contribution in [-0.2, 0) is 13.1 Å². The second-order valence-corrected chi connectivity index (χ2v) is 6.28. The zero-order valence-electron chi connectivity index (χ0n) is 13.4. The van der Waals surface area contributed by atoms with E-state index >= 15 is 0 Å². The number of benzene rings is 2. The van der Waals surface area contributed by atoms with Crippen molar-refractivity contribution in [3.8, 4) is 0 Å². The highest BCUT2D eigenvalue weighted by atomic mass is 16.3. The zero-order valence-corrected chi connectivity index (χ0v) is 13.4. The molecule has 1 aromatic heterocycles. The lowest BCUT2D eigenvalue weighted by atomic mass is 10.1. The predicted molar refractivity (Wildman–Crippen MR) is 91.4 cm³/mol. The Morgan fingerprint density at radius 2 is 1.96 bits per heavy atom. The molecule has 1 aliphatic rings. The summed E-state index contributed by atoms with van der Waals surface area (Å²) >= 11 is 0. The van der Waals surface area contributed by atoms with Crippen LogP contribution in [0.15, 0.2) is 48.5 Å². The molecule has 0 radical (unpaired) electrons. The summed E-state index contributed by atoms with van der Waals surface area (Å²) in [6, 6.07) is 16.5. The monoisotopic (exact) mass is 308 g/mol. The van der Waals surface area contributed by atoms with E-state index in [1.54, 1.807) is 0 Å². The van der Waals surface area contributed by atoms with Gasteiger partial charge in [0.2, 0.25) is 0 Å². The first-order valence-electron chi connectivity index (χ1n) is 8.23. The Morgan fingerprint density at radius 1 is 1.17 bits per heavy atom. The maximum absolute atomic E-state index is 10.7. The molecule has 2 heterocycles. The standard InChI is InChI=1S/C19H21N3O/c1-14-7-9-15(10-8-14)18(23)13-22-17-6-3-2-5-16(17)21-12-4-11-20-19(21)22/h2-3,5-10,18,23H,4,11-13H2,1H3/p+1/t18-/m0/s1. The van der Waals surface area contributed by atoms with Crippen LogP contribution in [0.2, 0.25) is 0 Å². The lowest BCUT2D eigenvalue weighted by molar-refractivity contribution is -0.661. The van der Waals surface area contributed by atoms with Crippen LogP contribution in [0.25, 0.3) is 11.0 Å². The number of hydrogen-bond acceptors (Lipinski definition) is 2. The molecule has 0 bridgehead atoms. The van der Waals surface area contributed by atoms with Crippen molar-refractivity contribution >= 4 is 17.0 Å². The normalized spacial score (nSPS) is 15.2. The molecule has 1 aliphatic heterocycles. The first-order valence-corrected chi connectivity index (χ1v) is 8.23. The van der Waals surface area contributed by atoms with E-state index in [1.165, 1.54) is 16.6 Å². The number of anilines is 1. The molecule has 0 amide bonds. The van der Waals surface area contributed by atoms with Gasteiger partial charge < -0.3 is 5.11 Å². The third-order valence-corrected chi connectivity index (χ3v) is 4.63. The number of rotatable bonds is 3. The van der Waals surface area contributed by atoms with Gasteiger partial charge in [-0.1, -0.05) is 42.0 Å². The van der Waals surface area contributed by atoms with Crippen molar-refractivity contribution in [3.05, 3.63) is 59.7 Å². The molecule has 4 rings (SSSR count). The molecule has 0 saturated heterocycles. The van der Waals surface area contributed by atoms with Gasteiger partial charge in [-0.3, -0.25) is 5.32 Å². The smallest absolute Gasteiger partial charge is 0.358 e. The number of fused-ring (bicyclic) bond motifs is 3. The third-order valence-electron chi connectivity index (χ3n) is 4.63. The van der Waals surface area contributed by atoms with Crippen molar-refractivity contribution in [2.75, 3.05) is 11.9 Å². The van der Waals surface area contributed by atoms with Gasteiger partial charge in [-0.2, -0.15) is 0 Å². The van der Waals surface area contributed by atoms with Crippen LogP contribution in [0, 0.1) is 6.92 Å². The number of aliphatic hydroxyl groups is 1. The Balaban J connectivity index is 1.75. The molecule has 2 N–H and O–H groups in total. The number of aliphatic hydroxyl groups excluding tert-OH is 1. The maximum atomic E-state index is 10.7. The number of nitrogens with zero attached hydrogens (tertiary/aromatic N) is 2. The fourth-order valence-electron chi connectivity index (χ4n) is 3.40. The fourth-order valence-corrected chi connectivity index (χ4v) is 3.40. The zero-order chi connectivity index (χ0) is 15.8. The maximum Gasteiger partial charge on any atom is 0.358 e. The summed E-state index contributed by atoms with van der Waals surface area (Å²) in [4.78, 5) is 0. The van der Waals surface area contributed by atoms with Crippen molar-refractivity contribution in [3.63, 3.8) is 0 Å². The molecule has 2 aromatic carbocycles. The van der Waals surface area contributed by atoms with Gasteiger partial charge >= 0.3 is 5.95 Å². The largest absolute Gasteiger partial charge is 0.385 e. The van der Waals surface area contributed by atoms with Crippen molar-refractivity contribution in [1.29, 1.82) is 0 Å². The predicted octanol–water partition coefficient (Wildman–Crippen LogP) is 2.79. The molecule has 0 saturated carbocycles. The highest BCUT2D eigenvalue weighted by Gasteiger charge is 2.27. The first kappa shape index (κ1) is 14.3. The molecular weight excluding hydrogens is 286 g/mol. The molecule has 23 heavy (non-hydrogen) atoms. The van der Waals surface area contributed by atoms with Crippen molar-refractivity contribution < 1.29 is 9.67 Å². The molecule has 0 spiro atoms. The number of nitrogens with one attached hydrogen (secondary N) is 1. The van der Waals surface area contributed by atoms with E-state index in [9.17, 15) is 5.11 Å². The molecule has 4 heteroatoms. The summed E-state index contributed by atoms with van der Waals surface area (Å²) in [5.74, 6) is 1.10. The van der Waals surface area contributed by atoms with Gasteiger partial charge in [-0.25, -0.2) is 9.13 Å². The van der Waals surface area contributed by atoms with Gasteiger partial charge in [0, 0.05) is 6.42 Å². The Labute approximate surface area is 136 Å². The SMILES string of the molecule is Cc1ccc([C@@H](O)Cn2c3[n+](c4ccccc42)CCCN3)cc1. The van der Waals surface area contributed by atoms with Gasteiger partial charge in [-0.05, 0) is 24.6 Å². The molecule has 4 nitrogen and oxygen atoms in total. The Hall–Kier alpha value is -2.33. The van der Waals surface area contributed by atoms with E-state index in [2.05, 4.69) is 57.8 Å². The van der Waals surface area contributed by atoms with Gasteiger partial charge in [0.05, 0.1) is 13.1 Å². The van der Waals surface area contributed by atoms with E-state index in [-0.39, 0.29) is 0 Å². The quantitative estimate of drug-likeness (QED) is 0.731. The molecule has 3 aromatic rings. The second-order valence-electron chi connectivity index (χ2n) is 6.28. The minimum absolute atomic E-state index is 0.514. The van der Waals surface area contributed by atoms with Crippen molar-refractivity contribution in [2.45, 2.75) is 32.5 Å². The minimum atomic E-state index is -0.514. The van der Waals surface area contributed by atoms with Gasteiger partial charge in [0.25, 0.3) is 0 Å². The van der Waals surface area contributed by atoms with Crippen LogP contribution in [-0.4, -0.2) is 16.2 Å². The molecule has 0 aliphatic carbocycles. The topological polar surface area (TPSA) is 41.1 Å². The summed E-state index contributed by atoms with van der Waals surface area (Å²) in [6.45, 7) is 4.62. The molecule has 0 fully saturated rings. The minimum Gasteiger partial charge on any atom is -0.385 e. The van der Waals surface area contributed by atoms with Crippen LogP contribution < -0.4 is 9.88 Å². The van der Waals surface area contributed by atoms with E-state index < -0.39 is 6.10 Å². The summed E-state index contributed by atoms with van der Waals surface area (Å²) < 4.78 is 4.53. The van der Waals surface area contributed by atoms with Crippen LogP contribution in [0.1, 0.15) is 23.7 Å². The third kappa shape index (κ3) is 2.49. The fraction of sp³-hybridized carbons (Fsp3) is 0.316. The summed E-state index contributed by atoms with van der Waals surface area (Å²) in [5.41, 5.74) is 4.57.